The maximum atomic E-state index is 14.0. The number of fused-ring (bicyclic) bond motifs is 1. The summed E-state index contributed by atoms with van der Waals surface area (Å²) in [6.07, 6.45) is 2.02. The number of pyridine rings is 1. The number of halogens is 2. The van der Waals surface area contributed by atoms with Gasteiger partial charge in [0, 0.05) is 18.1 Å². The SMILES string of the molecule is O=C(NC1(c2ccccc2)CCNC1)c1cnc2c(F)ccc(F)c2c1. The van der Waals surface area contributed by atoms with Crippen LogP contribution in [-0.4, -0.2) is 24.0 Å². The first-order valence-electron chi connectivity index (χ1n) is 8.42. The normalized spacial score (nSPS) is 19.6. The standard InChI is InChI=1S/C20H17F2N3O/c21-16-6-7-17(22)18-15(16)10-13(11-24-18)19(26)25-20(8-9-23-12-20)14-4-2-1-3-5-14/h1-7,10-11,23H,8-9,12H2,(H,25,26). The van der Waals surface area contributed by atoms with E-state index in [1.54, 1.807) is 0 Å². The molecule has 4 nitrogen and oxygen atoms in total. The van der Waals surface area contributed by atoms with E-state index in [9.17, 15) is 13.6 Å². The molecule has 4 rings (SSSR count). The lowest BCUT2D eigenvalue weighted by molar-refractivity contribution is 0.0904. The lowest BCUT2D eigenvalue weighted by atomic mass is 9.88. The van der Waals surface area contributed by atoms with Gasteiger partial charge in [0.05, 0.1) is 11.1 Å². The van der Waals surface area contributed by atoms with Crippen LogP contribution >= 0.6 is 0 Å². The van der Waals surface area contributed by atoms with Crippen molar-refractivity contribution in [1.82, 2.24) is 15.6 Å². The number of hydrogen-bond acceptors (Lipinski definition) is 3. The quantitative estimate of drug-likeness (QED) is 0.761. The van der Waals surface area contributed by atoms with Crippen molar-refractivity contribution in [2.24, 2.45) is 0 Å². The van der Waals surface area contributed by atoms with E-state index in [1.165, 1.54) is 12.3 Å². The van der Waals surface area contributed by atoms with Crippen molar-refractivity contribution in [1.29, 1.82) is 0 Å². The van der Waals surface area contributed by atoms with Crippen LogP contribution in [0.25, 0.3) is 10.9 Å². The first-order chi connectivity index (χ1) is 12.6. The molecule has 132 valence electrons. The molecule has 1 aliphatic heterocycles. The molecule has 0 bridgehead atoms. The predicted octanol–water partition coefficient (Wildman–Crippen LogP) is 3.13. The van der Waals surface area contributed by atoms with Gasteiger partial charge in [0.25, 0.3) is 5.91 Å². The van der Waals surface area contributed by atoms with Gasteiger partial charge in [-0.2, -0.15) is 0 Å². The monoisotopic (exact) mass is 353 g/mol. The highest BCUT2D eigenvalue weighted by atomic mass is 19.1. The average Bonchev–Trinajstić information content (AvgIpc) is 3.15. The van der Waals surface area contributed by atoms with E-state index in [0.717, 1.165) is 30.7 Å². The molecule has 1 saturated heterocycles. The molecule has 3 aromatic rings. The lowest BCUT2D eigenvalue weighted by Gasteiger charge is -2.30. The minimum Gasteiger partial charge on any atom is -0.341 e. The molecule has 1 aliphatic rings. The summed E-state index contributed by atoms with van der Waals surface area (Å²) in [5.74, 6) is -1.59. The van der Waals surface area contributed by atoms with Gasteiger partial charge in [-0.15, -0.1) is 0 Å². The largest absolute Gasteiger partial charge is 0.341 e. The summed E-state index contributed by atoms with van der Waals surface area (Å²) in [6, 6.07) is 13.1. The van der Waals surface area contributed by atoms with Gasteiger partial charge >= 0.3 is 0 Å². The number of amides is 1. The Hall–Kier alpha value is -2.86. The molecule has 1 fully saturated rings. The van der Waals surface area contributed by atoms with Gasteiger partial charge in [-0.05, 0) is 36.7 Å². The third-order valence-corrected chi connectivity index (χ3v) is 4.84. The number of carbonyl (C=O) groups excluding carboxylic acids is 1. The van der Waals surface area contributed by atoms with Crippen molar-refractivity contribution in [3.05, 3.63) is 77.5 Å². The summed E-state index contributed by atoms with van der Waals surface area (Å²) in [4.78, 5) is 16.8. The Morgan fingerprint density at radius 1 is 1.12 bits per heavy atom. The molecule has 1 aromatic heterocycles. The Kier molecular flexibility index (Phi) is 4.12. The first-order valence-corrected chi connectivity index (χ1v) is 8.42. The zero-order valence-electron chi connectivity index (χ0n) is 13.9. The second-order valence-electron chi connectivity index (χ2n) is 6.48. The van der Waals surface area contributed by atoms with Gasteiger partial charge in [-0.25, -0.2) is 8.78 Å². The topological polar surface area (TPSA) is 54.0 Å². The molecule has 1 unspecified atom stereocenters. The number of hydrogen-bond donors (Lipinski definition) is 2. The Morgan fingerprint density at radius 3 is 2.62 bits per heavy atom. The van der Waals surface area contributed by atoms with Crippen molar-refractivity contribution in [2.75, 3.05) is 13.1 Å². The fourth-order valence-corrected chi connectivity index (χ4v) is 3.44. The fourth-order valence-electron chi connectivity index (χ4n) is 3.44. The number of benzene rings is 2. The maximum absolute atomic E-state index is 14.0. The van der Waals surface area contributed by atoms with Gasteiger partial charge in [0.1, 0.15) is 17.2 Å². The summed E-state index contributed by atoms with van der Waals surface area (Å²) >= 11 is 0. The van der Waals surface area contributed by atoms with Crippen LogP contribution in [0.15, 0.2) is 54.7 Å². The smallest absolute Gasteiger partial charge is 0.253 e. The van der Waals surface area contributed by atoms with Crippen LogP contribution in [0.2, 0.25) is 0 Å². The summed E-state index contributed by atoms with van der Waals surface area (Å²) in [5, 5.41) is 6.34. The minimum absolute atomic E-state index is 0.00374. The molecule has 26 heavy (non-hydrogen) atoms. The molecular formula is C20H17F2N3O. The summed E-state index contributed by atoms with van der Waals surface area (Å²) < 4.78 is 27.8. The van der Waals surface area contributed by atoms with Crippen molar-refractivity contribution in [2.45, 2.75) is 12.0 Å². The van der Waals surface area contributed by atoms with Gasteiger partial charge in [0.2, 0.25) is 0 Å². The Morgan fingerprint density at radius 2 is 1.88 bits per heavy atom. The highest BCUT2D eigenvalue weighted by Gasteiger charge is 2.37. The molecule has 2 N–H and O–H groups in total. The molecule has 2 aromatic carbocycles. The molecule has 6 heteroatoms. The number of rotatable bonds is 3. The summed E-state index contributed by atoms with van der Waals surface area (Å²) in [6.45, 7) is 1.39. The van der Waals surface area contributed by atoms with Crippen LogP contribution in [0, 0.1) is 11.6 Å². The van der Waals surface area contributed by atoms with Crippen molar-refractivity contribution in [3.8, 4) is 0 Å². The molecule has 0 aliphatic carbocycles. The molecule has 0 spiro atoms. The van der Waals surface area contributed by atoms with Gasteiger partial charge in [-0.1, -0.05) is 30.3 Å². The molecule has 0 saturated carbocycles. The van der Waals surface area contributed by atoms with Crippen LogP contribution < -0.4 is 10.6 Å². The number of carbonyl (C=O) groups is 1. The minimum atomic E-state index is -0.617. The third-order valence-electron chi connectivity index (χ3n) is 4.84. The van der Waals surface area contributed by atoms with E-state index in [0.29, 0.717) is 6.54 Å². The maximum Gasteiger partial charge on any atom is 0.253 e. The Bertz CT molecular complexity index is 969. The number of nitrogens with zero attached hydrogens (tertiary/aromatic N) is 1. The number of nitrogens with one attached hydrogen (secondary N) is 2. The van der Waals surface area contributed by atoms with E-state index in [2.05, 4.69) is 15.6 Å². The molecule has 2 heterocycles. The highest BCUT2D eigenvalue weighted by Crippen LogP contribution is 2.28. The summed E-state index contributed by atoms with van der Waals surface area (Å²) in [7, 11) is 0. The van der Waals surface area contributed by atoms with Crippen LogP contribution in [0.5, 0.6) is 0 Å². The van der Waals surface area contributed by atoms with Crippen molar-refractivity contribution in [3.63, 3.8) is 0 Å². The highest BCUT2D eigenvalue weighted by molar-refractivity contribution is 5.98. The van der Waals surface area contributed by atoms with E-state index in [1.807, 2.05) is 30.3 Å². The van der Waals surface area contributed by atoms with E-state index < -0.39 is 17.2 Å². The van der Waals surface area contributed by atoms with Crippen molar-refractivity contribution < 1.29 is 13.6 Å². The van der Waals surface area contributed by atoms with Crippen LogP contribution in [0.4, 0.5) is 8.78 Å². The predicted molar refractivity (Wildman–Crippen MR) is 94.7 cm³/mol. The average molecular weight is 353 g/mol. The zero-order valence-corrected chi connectivity index (χ0v) is 13.9. The van der Waals surface area contributed by atoms with Gasteiger partial charge < -0.3 is 10.6 Å². The zero-order chi connectivity index (χ0) is 18.1. The second kappa shape index (κ2) is 6.46. The van der Waals surface area contributed by atoms with Crippen LogP contribution in [0.1, 0.15) is 22.3 Å². The van der Waals surface area contributed by atoms with E-state index in [-0.39, 0.29) is 22.4 Å². The Labute approximate surface area is 149 Å². The molecule has 0 radical (unpaired) electrons. The second-order valence-corrected chi connectivity index (χ2v) is 6.48. The van der Waals surface area contributed by atoms with Crippen LogP contribution in [0.3, 0.4) is 0 Å². The van der Waals surface area contributed by atoms with Crippen molar-refractivity contribution >= 4 is 16.8 Å². The third kappa shape index (κ3) is 2.82. The lowest BCUT2D eigenvalue weighted by Crippen LogP contribution is -2.47. The van der Waals surface area contributed by atoms with Gasteiger partial charge in [0.15, 0.2) is 0 Å². The Balaban J connectivity index is 1.69. The molecular weight excluding hydrogens is 336 g/mol. The number of aromatic nitrogens is 1. The fraction of sp³-hybridized carbons (Fsp3) is 0.200. The van der Waals surface area contributed by atoms with Crippen LogP contribution in [-0.2, 0) is 5.54 Å². The van der Waals surface area contributed by atoms with E-state index in [4.69, 9.17) is 0 Å². The van der Waals surface area contributed by atoms with Gasteiger partial charge in [-0.3, -0.25) is 9.78 Å². The van der Waals surface area contributed by atoms with E-state index >= 15 is 0 Å². The molecule has 1 atom stereocenters. The summed E-state index contributed by atoms with van der Waals surface area (Å²) in [5.41, 5.74) is 0.587. The first kappa shape index (κ1) is 16.6. The molecule has 1 amide bonds.